The normalized spacial score (nSPS) is 27.3. The minimum atomic E-state index is -1.82. The van der Waals surface area contributed by atoms with Crippen LogP contribution in [0.3, 0.4) is 0 Å². The van der Waals surface area contributed by atoms with Crippen LogP contribution in [0.1, 0.15) is 169 Å². The van der Waals surface area contributed by atoms with Gasteiger partial charge in [-0.05, 0) is 119 Å². The Bertz CT molecular complexity index is 2580. The fraction of sp³-hybridized carbons (Fsp3) is 0.838. The number of halogens is 1. The lowest BCUT2D eigenvalue weighted by molar-refractivity contribution is -0.166. The lowest BCUT2D eigenvalue weighted by Crippen LogP contribution is -2.64. The molecule has 546 valence electrons. The summed E-state index contributed by atoms with van der Waals surface area (Å²) in [5.41, 5.74) is -1.73. The largest absolute Gasteiger partial charge is 0.450 e. The molecule has 26 nitrogen and oxygen atoms in total. The molecule has 2 unspecified atom stereocenters. The van der Waals surface area contributed by atoms with E-state index in [1.165, 1.54) is 61.0 Å². The van der Waals surface area contributed by atoms with Crippen molar-refractivity contribution in [2.75, 3.05) is 75.1 Å². The van der Waals surface area contributed by atoms with E-state index in [1.807, 2.05) is 74.1 Å². The molecule has 0 aromatic rings. The van der Waals surface area contributed by atoms with Crippen LogP contribution in [0.5, 0.6) is 0 Å². The first-order valence-electron chi connectivity index (χ1n) is 34.2. The molecule has 10 amide bonds. The van der Waals surface area contributed by atoms with Gasteiger partial charge in [0.1, 0.15) is 60.0 Å². The van der Waals surface area contributed by atoms with Gasteiger partial charge in [0.15, 0.2) is 6.10 Å². The van der Waals surface area contributed by atoms with E-state index in [1.54, 1.807) is 34.6 Å². The first-order valence-corrected chi connectivity index (χ1v) is 34.2. The van der Waals surface area contributed by atoms with Crippen molar-refractivity contribution in [1.82, 2.24) is 55.6 Å². The number of carbonyl (C=O) groups is 11. The molecule has 0 bridgehead atoms. The third-order valence-electron chi connectivity index (χ3n) is 18.3. The highest BCUT2D eigenvalue weighted by Gasteiger charge is 2.46. The Morgan fingerprint density at radius 3 is 1.33 bits per heavy atom. The Kier molecular flexibility index (Phi) is 34.2. The monoisotopic (exact) mass is 1350 g/mol. The van der Waals surface area contributed by atoms with Gasteiger partial charge >= 0.3 is 5.97 Å². The van der Waals surface area contributed by atoms with Crippen molar-refractivity contribution >= 4 is 65.0 Å². The zero-order valence-electron chi connectivity index (χ0n) is 61.5. The summed E-state index contributed by atoms with van der Waals surface area (Å²) in [6, 6.07) is -12.6. The number of aliphatic hydroxyl groups is 3. The van der Waals surface area contributed by atoms with Gasteiger partial charge in [-0.25, -0.2) is 9.18 Å². The Balaban J connectivity index is 3.03. The van der Waals surface area contributed by atoms with E-state index < -0.39 is 174 Å². The maximum absolute atomic E-state index is 15.3. The molecule has 2 fully saturated rings. The van der Waals surface area contributed by atoms with Gasteiger partial charge in [0, 0.05) is 55.4 Å². The first-order chi connectivity index (χ1) is 43.8. The van der Waals surface area contributed by atoms with Crippen LogP contribution in [0.25, 0.3) is 0 Å². The Labute approximate surface area is 565 Å². The number of hydrogen-bond acceptors (Lipinski definition) is 16. The van der Waals surface area contributed by atoms with Crippen LogP contribution in [0, 0.1) is 47.3 Å². The number of amides is 10. The van der Waals surface area contributed by atoms with Gasteiger partial charge in [-0.15, -0.1) is 0 Å². The van der Waals surface area contributed by atoms with Gasteiger partial charge in [-0.3, -0.25) is 47.9 Å². The molecule has 0 spiro atoms. The third kappa shape index (κ3) is 24.8. The number of cyclic esters (lactones) is 1. The number of rotatable bonds is 19. The number of nitrogens with zero attached hydrogens (tertiary/aromatic N) is 7. The van der Waals surface area contributed by atoms with Crippen LogP contribution in [-0.4, -0.2) is 268 Å². The summed E-state index contributed by atoms with van der Waals surface area (Å²) < 4.78 is 20.9. The summed E-state index contributed by atoms with van der Waals surface area (Å²) in [6.07, 6.45) is -4.06. The summed E-state index contributed by atoms with van der Waals surface area (Å²) in [7, 11) is 8.03. The van der Waals surface area contributed by atoms with Gasteiger partial charge in [-0.1, -0.05) is 104 Å². The molecule has 0 aliphatic carbocycles. The van der Waals surface area contributed by atoms with Crippen molar-refractivity contribution in [3.05, 3.63) is 0 Å². The second-order valence-corrected chi connectivity index (χ2v) is 29.9. The molecule has 0 radical (unpaired) electrons. The zero-order valence-corrected chi connectivity index (χ0v) is 61.5. The van der Waals surface area contributed by atoms with Crippen LogP contribution in [0.15, 0.2) is 0 Å². The molecule has 2 aliphatic rings. The smallest absolute Gasteiger partial charge is 0.329 e. The van der Waals surface area contributed by atoms with Gasteiger partial charge in [0.05, 0.1) is 25.4 Å². The number of likely N-dealkylation sites (tertiary alicyclic amines) is 1. The van der Waals surface area contributed by atoms with Gasteiger partial charge < -0.3 is 75.6 Å². The predicted molar refractivity (Wildman–Crippen MR) is 359 cm³/mol. The van der Waals surface area contributed by atoms with Crippen molar-refractivity contribution < 1.29 is 77.2 Å². The molecule has 2 aliphatic heterocycles. The number of aliphatic hydroxyl groups excluding tert-OH is 3. The molecule has 2 rings (SSSR count). The van der Waals surface area contributed by atoms with E-state index in [0.717, 1.165) is 24.5 Å². The van der Waals surface area contributed by atoms with E-state index >= 15 is 18.8 Å². The first kappa shape index (κ1) is 85.0. The number of piperidine rings is 1. The Hall–Kier alpha value is -6.06. The molecule has 7 N–H and O–H groups in total. The number of esters is 1. The topological polar surface area (TPSA) is 328 Å². The number of carbonyl (C=O) groups excluding carboxylic acids is 11. The van der Waals surface area contributed by atoms with E-state index in [4.69, 9.17) is 4.74 Å². The van der Waals surface area contributed by atoms with Crippen molar-refractivity contribution in [3.8, 4) is 0 Å². The second-order valence-electron chi connectivity index (χ2n) is 29.9. The molecule has 95 heavy (non-hydrogen) atoms. The average Bonchev–Trinajstić information content (AvgIpc) is 0.819. The molecule has 0 aromatic carbocycles. The number of alkyl halides is 1. The quantitative estimate of drug-likeness (QED) is 0.0914. The van der Waals surface area contributed by atoms with Crippen molar-refractivity contribution in [3.63, 3.8) is 0 Å². The van der Waals surface area contributed by atoms with Crippen LogP contribution in [0.4, 0.5) is 4.39 Å². The number of likely N-dealkylation sites (N-methyl/N-ethyl adjacent to an activating group) is 6. The maximum Gasteiger partial charge on any atom is 0.329 e. The summed E-state index contributed by atoms with van der Waals surface area (Å²) >= 11 is 0. The average molecular weight is 1350 g/mol. The summed E-state index contributed by atoms with van der Waals surface area (Å²) in [6.45, 7) is 28.8. The van der Waals surface area contributed by atoms with Crippen molar-refractivity contribution in [2.24, 2.45) is 47.3 Å². The third-order valence-corrected chi connectivity index (χ3v) is 18.3. The van der Waals surface area contributed by atoms with E-state index in [2.05, 4.69) is 21.3 Å². The highest BCUT2D eigenvalue weighted by molar-refractivity contribution is 5.99. The second kappa shape index (κ2) is 38.2. The molecule has 0 saturated carbocycles. The molecule has 27 heteroatoms. The molecular weight excluding hydrogens is 1230 g/mol. The standard InChI is InChI=1S/C68H122FN11O15/c1-37(2)30-47-62(89)76(20)50(33-40(7)8)58(85)70-45(16)67(94)95-57(43(13)14)66(93)77(21)51(34-41(9)10)60(87)72-48(31-38(3)4)63(90)78(22)54(42(11)12)65(92)79(23)55(56(84)44(15)24-27-80-28-25-68(69,36-81)26-29-80)61(88)73-53(46(17)82)64(91)74(18)35-52(83)75(19)49(32-39(5)6)59(86)71-47/h37-51,53-57,81-82,84H,24-36H2,1-23H3,(H,70,85)(H,71,86)(H,72,87)(H,73,88)/t44-,45+,46?,47+,48+,49+,50+,51+,53+,54+,55-,56?,57+/m1/s1. The minimum Gasteiger partial charge on any atom is -0.450 e. The fourth-order valence-electron chi connectivity index (χ4n) is 12.2. The van der Waals surface area contributed by atoms with Crippen LogP contribution < -0.4 is 21.3 Å². The Morgan fingerprint density at radius 2 is 0.916 bits per heavy atom. The van der Waals surface area contributed by atoms with E-state index in [9.17, 15) is 53.7 Å². The lowest BCUT2D eigenvalue weighted by Gasteiger charge is -2.41. The molecular formula is C68H122FN11O15. The number of hydrogen-bond donors (Lipinski definition) is 7. The van der Waals surface area contributed by atoms with E-state index in [-0.39, 0.29) is 81.0 Å². The molecule has 2 saturated heterocycles. The van der Waals surface area contributed by atoms with E-state index in [0.29, 0.717) is 19.6 Å². The van der Waals surface area contributed by atoms with Crippen LogP contribution in [-0.2, 0) is 57.5 Å². The van der Waals surface area contributed by atoms with Crippen LogP contribution >= 0.6 is 0 Å². The SMILES string of the molecule is CC(C)C[C@@H]1NC(=O)[C@H](CC(C)C)N(C)C(=O)[C@H](C(C)C)OC(=O)[C@H](C)NC(=O)[C@H](CC(C)C)N(C)C(=O)[C@H](CC(C)C)NC(=O)[C@H](CC(C)C)N(C)C(=O)CN(C)C(=O)[C@H](C(C)O)NC(=O)[C@@H](C(O)[C@H](C)CCN2CCC(F)(CO)CC2)N(C)C(=O)[C@H](C(C)C)N(C)C1=O. The van der Waals surface area contributed by atoms with Crippen molar-refractivity contribution in [2.45, 2.75) is 247 Å². The summed E-state index contributed by atoms with van der Waals surface area (Å²) in [4.78, 5) is 171. The summed E-state index contributed by atoms with van der Waals surface area (Å²) in [5.74, 6) is -12.1. The highest BCUT2D eigenvalue weighted by Crippen LogP contribution is 2.29. The van der Waals surface area contributed by atoms with Crippen molar-refractivity contribution in [1.29, 1.82) is 0 Å². The Morgan fingerprint density at radius 1 is 0.505 bits per heavy atom. The van der Waals surface area contributed by atoms with Gasteiger partial charge in [0.2, 0.25) is 53.2 Å². The highest BCUT2D eigenvalue weighted by atomic mass is 19.1. The molecule has 13 atom stereocenters. The van der Waals surface area contributed by atoms with Gasteiger partial charge in [0.25, 0.3) is 5.91 Å². The van der Waals surface area contributed by atoms with Crippen LogP contribution in [0.2, 0.25) is 0 Å². The lowest BCUT2D eigenvalue weighted by atomic mass is 9.90. The molecule has 2 heterocycles. The van der Waals surface area contributed by atoms with Gasteiger partial charge in [-0.2, -0.15) is 0 Å². The number of ether oxygens (including phenoxy) is 1. The zero-order chi connectivity index (χ0) is 73.2. The number of nitrogens with one attached hydrogen (secondary N) is 4. The minimum absolute atomic E-state index is 0.0510. The maximum atomic E-state index is 15.3. The molecule has 0 aromatic heterocycles. The summed E-state index contributed by atoms with van der Waals surface area (Å²) in [5, 5.41) is 44.4. The predicted octanol–water partition coefficient (Wildman–Crippen LogP) is 2.57. The fourth-order valence-corrected chi connectivity index (χ4v) is 12.2.